The quantitative estimate of drug-likeness (QED) is 0.666. The lowest BCUT2D eigenvalue weighted by atomic mass is 9.92. The topological polar surface area (TPSA) is 63.4 Å². The highest BCUT2D eigenvalue weighted by Gasteiger charge is 2.46. The average Bonchev–Trinajstić information content (AvgIpc) is 2.65. The van der Waals surface area contributed by atoms with Gasteiger partial charge in [-0.15, -0.1) is 0 Å². The van der Waals surface area contributed by atoms with Crippen LogP contribution < -0.4 is 5.73 Å². The van der Waals surface area contributed by atoms with Crippen molar-refractivity contribution in [1.82, 2.24) is 4.90 Å². The van der Waals surface area contributed by atoms with Gasteiger partial charge in [-0.1, -0.05) is 37.8 Å². The van der Waals surface area contributed by atoms with Gasteiger partial charge >= 0.3 is 0 Å². The monoisotopic (exact) mass is 284 g/mol. The van der Waals surface area contributed by atoms with Crippen LogP contribution in [0.25, 0.3) is 0 Å². The van der Waals surface area contributed by atoms with Crippen LogP contribution >= 0.6 is 0 Å². The number of amides is 2. The third-order valence-corrected chi connectivity index (χ3v) is 3.77. The first-order valence-corrected chi connectivity index (χ1v) is 7.02. The Bertz CT molecular complexity index is 620. The predicted molar refractivity (Wildman–Crippen MR) is 81.0 cm³/mol. The number of likely N-dealkylation sites (tertiary alicyclic amines) is 1. The predicted octanol–water partition coefficient (Wildman–Crippen LogP) is 1.84. The molecule has 1 heterocycles. The van der Waals surface area contributed by atoms with Crippen molar-refractivity contribution >= 4 is 11.8 Å². The third-order valence-electron chi connectivity index (χ3n) is 3.77. The van der Waals surface area contributed by atoms with E-state index < -0.39 is 5.41 Å². The van der Waals surface area contributed by atoms with Crippen LogP contribution in [0, 0.1) is 17.3 Å². The van der Waals surface area contributed by atoms with Crippen molar-refractivity contribution in [2.45, 2.75) is 33.2 Å². The van der Waals surface area contributed by atoms with Crippen molar-refractivity contribution in [3.8, 4) is 11.8 Å². The van der Waals surface area contributed by atoms with E-state index in [0.717, 1.165) is 11.1 Å². The molecule has 1 unspecified atom stereocenters. The van der Waals surface area contributed by atoms with Gasteiger partial charge in [0, 0.05) is 12.0 Å². The van der Waals surface area contributed by atoms with Crippen molar-refractivity contribution < 1.29 is 9.59 Å². The number of hydrogen-bond donors (Lipinski definition) is 1. The zero-order chi connectivity index (χ0) is 15.6. The van der Waals surface area contributed by atoms with E-state index in [1.54, 1.807) is 0 Å². The molecule has 1 fully saturated rings. The molecule has 0 aromatic heterocycles. The summed E-state index contributed by atoms with van der Waals surface area (Å²) in [5.74, 6) is 5.53. The molecule has 21 heavy (non-hydrogen) atoms. The van der Waals surface area contributed by atoms with Gasteiger partial charge in [0.25, 0.3) is 0 Å². The average molecular weight is 284 g/mol. The molecule has 0 aliphatic carbocycles. The summed E-state index contributed by atoms with van der Waals surface area (Å²) in [4.78, 5) is 25.8. The molecule has 1 atom stereocenters. The molecule has 1 aliphatic heterocycles. The van der Waals surface area contributed by atoms with Crippen molar-refractivity contribution in [1.29, 1.82) is 0 Å². The van der Waals surface area contributed by atoms with E-state index in [2.05, 4.69) is 11.8 Å². The van der Waals surface area contributed by atoms with Gasteiger partial charge in [-0.3, -0.25) is 14.5 Å². The lowest BCUT2D eigenvalue weighted by Crippen LogP contribution is -2.35. The van der Waals surface area contributed by atoms with Crippen LogP contribution in [0.5, 0.6) is 0 Å². The molecule has 0 radical (unpaired) electrons. The van der Waals surface area contributed by atoms with Gasteiger partial charge in [0.05, 0.1) is 18.0 Å². The van der Waals surface area contributed by atoms with E-state index >= 15 is 0 Å². The molecule has 2 N–H and O–H groups in total. The summed E-state index contributed by atoms with van der Waals surface area (Å²) < 4.78 is 0. The normalized spacial score (nSPS) is 18.4. The smallest absolute Gasteiger partial charge is 0.235 e. The molecule has 0 spiro atoms. The summed E-state index contributed by atoms with van der Waals surface area (Å²) in [5.41, 5.74) is 6.53. The molecular formula is C17H20N2O2. The maximum absolute atomic E-state index is 12.3. The molecular weight excluding hydrogens is 264 g/mol. The fourth-order valence-electron chi connectivity index (χ4n) is 2.52. The van der Waals surface area contributed by atoms with Gasteiger partial charge in [0.1, 0.15) is 0 Å². The van der Waals surface area contributed by atoms with Gasteiger partial charge in [-0.25, -0.2) is 0 Å². The highest BCUT2D eigenvalue weighted by atomic mass is 16.2. The minimum atomic E-state index is -0.599. The Labute approximate surface area is 125 Å². The highest BCUT2D eigenvalue weighted by Crippen LogP contribution is 2.36. The Morgan fingerprint density at radius 3 is 2.38 bits per heavy atom. The molecule has 1 aliphatic rings. The number of rotatable bonds is 2. The van der Waals surface area contributed by atoms with Crippen LogP contribution in [-0.4, -0.2) is 23.3 Å². The van der Waals surface area contributed by atoms with Crippen LogP contribution in [0.2, 0.25) is 0 Å². The number of nitrogens with two attached hydrogens (primary N) is 1. The number of imide groups is 1. The minimum Gasteiger partial charge on any atom is -0.320 e. The highest BCUT2D eigenvalue weighted by molar-refractivity contribution is 6.05. The molecule has 4 heteroatoms. The van der Waals surface area contributed by atoms with E-state index in [-0.39, 0.29) is 24.3 Å². The Hall–Kier alpha value is -2.12. The van der Waals surface area contributed by atoms with Gasteiger partial charge in [0.15, 0.2) is 0 Å². The summed E-state index contributed by atoms with van der Waals surface area (Å²) in [6, 6.07) is 7.30. The van der Waals surface area contributed by atoms with Gasteiger partial charge in [-0.05, 0) is 24.6 Å². The lowest BCUT2D eigenvalue weighted by molar-refractivity contribution is -0.143. The third kappa shape index (κ3) is 2.98. The molecule has 110 valence electrons. The number of carbonyl (C=O) groups is 2. The number of benzene rings is 1. The summed E-state index contributed by atoms with van der Waals surface area (Å²) in [6.07, 6.45) is 0.274. The summed E-state index contributed by atoms with van der Waals surface area (Å²) in [5, 5.41) is 0. The maximum atomic E-state index is 12.3. The lowest BCUT2D eigenvalue weighted by Gasteiger charge is -2.25. The molecule has 1 saturated heterocycles. The van der Waals surface area contributed by atoms with E-state index in [4.69, 9.17) is 5.73 Å². The number of carbonyl (C=O) groups excluding carboxylic acids is 2. The second-order valence-electron chi connectivity index (χ2n) is 5.93. The van der Waals surface area contributed by atoms with Crippen molar-refractivity contribution in [2.75, 3.05) is 6.54 Å². The zero-order valence-electron chi connectivity index (χ0n) is 12.6. The van der Waals surface area contributed by atoms with Crippen LogP contribution in [0.4, 0.5) is 0 Å². The second kappa shape index (κ2) is 5.71. The Balaban J connectivity index is 2.22. The molecule has 2 amide bonds. The van der Waals surface area contributed by atoms with Crippen molar-refractivity contribution in [3.05, 3.63) is 35.4 Å². The standard InChI is InChI=1S/C17H20N2O2/c1-12(19-15(20)11-17(2,3)16(19)21)14-8-6-13(7-9-14)5-4-10-18/h6-9,12H,10-11,18H2,1-3H3. The molecule has 2 rings (SSSR count). The molecule has 0 saturated carbocycles. The van der Waals surface area contributed by atoms with E-state index in [9.17, 15) is 9.59 Å². The SMILES string of the molecule is CC(c1ccc(C#CCN)cc1)N1C(=O)CC(C)(C)C1=O. The van der Waals surface area contributed by atoms with E-state index in [1.165, 1.54) is 4.90 Å². The number of nitrogens with zero attached hydrogens (tertiary/aromatic N) is 1. The fraction of sp³-hybridized carbons (Fsp3) is 0.412. The first kappa shape index (κ1) is 15.3. The summed E-state index contributed by atoms with van der Waals surface area (Å²) >= 11 is 0. The Morgan fingerprint density at radius 2 is 1.90 bits per heavy atom. The molecule has 1 aromatic rings. The van der Waals surface area contributed by atoms with Gasteiger partial charge in [0.2, 0.25) is 11.8 Å². The van der Waals surface area contributed by atoms with Crippen LogP contribution in [-0.2, 0) is 9.59 Å². The van der Waals surface area contributed by atoms with E-state index in [0.29, 0.717) is 6.54 Å². The first-order valence-electron chi connectivity index (χ1n) is 7.02. The molecule has 0 bridgehead atoms. The zero-order valence-corrected chi connectivity index (χ0v) is 12.6. The van der Waals surface area contributed by atoms with Crippen LogP contribution in [0.15, 0.2) is 24.3 Å². The van der Waals surface area contributed by atoms with Crippen molar-refractivity contribution in [3.63, 3.8) is 0 Å². The number of hydrogen-bond acceptors (Lipinski definition) is 3. The maximum Gasteiger partial charge on any atom is 0.235 e. The van der Waals surface area contributed by atoms with Gasteiger partial charge in [-0.2, -0.15) is 0 Å². The van der Waals surface area contributed by atoms with Crippen LogP contribution in [0.1, 0.15) is 44.4 Å². The first-order chi connectivity index (χ1) is 9.86. The summed E-state index contributed by atoms with van der Waals surface area (Å²) in [6.45, 7) is 5.82. The molecule has 1 aromatic carbocycles. The van der Waals surface area contributed by atoms with E-state index in [1.807, 2.05) is 45.0 Å². The van der Waals surface area contributed by atoms with Crippen molar-refractivity contribution in [2.24, 2.45) is 11.1 Å². The minimum absolute atomic E-state index is 0.105. The Morgan fingerprint density at radius 1 is 1.29 bits per heavy atom. The second-order valence-corrected chi connectivity index (χ2v) is 5.93. The molecule has 4 nitrogen and oxygen atoms in total. The van der Waals surface area contributed by atoms with Gasteiger partial charge < -0.3 is 5.73 Å². The largest absolute Gasteiger partial charge is 0.320 e. The van der Waals surface area contributed by atoms with Crippen LogP contribution in [0.3, 0.4) is 0 Å². The Kier molecular flexibility index (Phi) is 4.15. The fourth-order valence-corrected chi connectivity index (χ4v) is 2.52. The summed E-state index contributed by atoms with van der Waals surface area (Å²) in [7, 11) is 0.